The predicted molar refractivity (Wildman–Crippen MR) is 234 cm³/mol. The molecular weight excluding hydrogens is 816 g/mol. The van der Waals surface area contributed by atoms with Crippen LogP contribution in [0.3, 0.4) is 0 Å². The van der Waals surface area contributed by atoms with Crippen molar-refractivity contribution < 1.29 is 33.4 Å². The molecule has 0 bridgehead atoms. The van der Waals surface area contributed by atoms with E-state index in [4.69, 9.17) is 66.3 Å². The fraction of sp³-hybridized carbons (Fsp3) is 0.262. The standard InChI is InChI=1S/C14H16ClNO3.C14H14ClNO2.C9H10ClNO2.C5H7ClO/c1-8(2)7-12(18)16-14-10(9(3)17)5-6-11(19-4)13(14)15;1-8(2)6-9-7-11(17)10-4-5-12(18-3)13(15)14(10)16-9;1-5(12)6-3-4-7(13-2)8(10)9(6)11;1-4(2)3-5(6)7/h5-7H,1-4H3,(H,16,18);4-7H,1-3H3,(H,16,17);3-4H,11H2,1-2H3;3H,1-2H3. The summed E-state index contributed by atoms with van der Waals surface area (Å²) >= 11 is 23.1. The van der Waals surface area contributed by atoms with Gasteiger partial charge in [0, 0.05) is 34.3 Å². The van der Waals surface area contributed by atoms with Crippen LogP contribution in [0.25, 0.3) is 17.0 Å². The Balaban J connectivity index is 0.000000400. The monoisotopic (exact) mass is 861 g/mol. The number of aromatic amines is 1. The van der Waals surface area contributed by atoms with Gasteiger partial charge in [0.2, 0.25) is 11.1 Å². The molecule has 0 aliphatic rings. The van der Waals surface area contributed by atoms with E-state index in [1.54, 1.807) is 63.4 Å². The van der Waals surface area contributed by atoms with Crippen molar-refractivity contribution in [3.63, 3.8) is 0 Å². The Kier molecular flexibility index (Phi) is 20.9. The van der Waals surface area contributed by atoms with Crippen molar-refractivity contribution in [1.29, 1.82) is 0 Å². The van der Waals surface area contributed by atoms with Crippen molar-refractivity contribution in [2.24, 2.45) is 0 Å². The highest BCUT2D eigenvalue weighted by Crippen LogP contribution is 2.36. The van der Waals surface area contributed by atoms with Gasteiger partial charge in [-0.05, 0) is 116 Å². The fourth-order valence-corrected chi connectivity index (χ4v) is 5.69. The first-order chi connectivity index (χ1) is 26.6. The maximum absolute atomic E-state index is 12.0. The second-order valence-corrected chi connectivity index (χ2v) is 14.2. The SMILES string of the molecule is CC(C)=CC(=O)Cl.COc1ccc(C(C)=O)c(N)c1Cl.COc1ccc(C(C)=O)c(NC(=O)C=C(C)C)c1Cl.COc1ccc2c(=O)cc(C=C(C)C)[nH]c2c1Cl. The summed E-state index contributed by atoms with van der Waals surface area (Å²) in [6, 6.07) is 11.4. The molecule has 0 saturated heterocycles. The fourth-order valence-electron chi connectivity index (χ4n) is 4.65. The Morgan fingerprint density at radius 2 is 1.14 bits per heavy atom. The normalized spacial score (nSPS) is 9.74. The van der Waals surface area contributed by atoms with Crippen LogP contribution < -0.4 is 30.7 Å². The molecule has 0 aliphatic carbocycles. The number of hydrogen-bond acceptors (Lipinski definition) is 9. The average molecular weight is 864 g/mol. The van der Waals surface area contributed by atoms with Gasteiger partial charge in [0.15, 0.2) is 17.0 Å². The Bertz CT molecular complexity index is 2270. The Hall–Kier alpha value is -5.07. The zero-order valence-electron chi connectivity index (χ0n) is 33.6. The number of carbonyl (C=O) groups is 4. The molecule has 1 aromatic heterocycles. The van der Waals surface area contributed by atoms with Crippen molar-refractivity contribution in [2.75, 3.05) is 32.4 Å². The quantitative estimate of drug-likeness (QED) is 0.0642. The van der Waals surface area contributed by atoms with Gasteiger partial charge < -0.3 is 30.2 Å². The van der Waals surface area contributed by atoms with Crippen LogP contribution in [0.4, 0.5) is 11.4 Å². The largest absolute Gasteiger partial charge is 0.495 e. The van der Waals surface area contributed by atoms with Crippen LogP contribution in [0.2, 0.25) is 15.1 Å². The number of hydrogen-bond donors (Lipinski definition) is 3. The lowest BCUT2D eigenvalue weighted by atomic mass is 10.1. The van der Waals surface area contributed by atoms with E-state index >= 15 is 0 Å². The van der Waals surface area contributed by atoms with E-state index < -0.39 is 5.24 Å². The van der Waals surface area contributed by atoms with Crippen molar-refractivity contribution >= 4 is 97.5 Å². The number of benzene rings is 3. The number of nitrogens with two attached hydrogens (primary N) is 1. The summed E-state index contributed by atoms with van der Waals surface area (Å²) in [6.45, 7) is 14.0. The average Bonchev–Trinajstić information content (AvgIpc) is 3.10. The minimum atomic E-state index is -0.403. The summed E-state index contributed by atoms with van der Waals surface area (Å²) in [5, 5.41) is 3.70. The number of Topliss-reactive ketones (excluding diaryl/α,β-unsaturated/α-hetero) is 2. The minimum Gasteiger partial charge on any atom is -0.495 e. The van der Waals surface area contributed by atoms with Crippen molar-refractivity contribution in [1.82, 2.24) is 4.98 Å². The van der Waals surface area contributed by atoms with Gasteiger partial charge in [0.1, 0.15) is 32.3 Å². The van der Waals surface area contributed by atoms with Gasteiger partial charge in [-0.25, -0.2) is 0 Å². The molecule has 1 amide bonds. The summed E-state index contributed by atoms with van der Waals surface area (Å²) in [4.78, 5) is 59.4. The van der Waals surface area contributed by atoms with Crippen LogP contribution in [0.1, 0.15) is 81.8 Å². The number of halogens is 4. The third kappa shape index (κ3) is 15.8. The summed E-state index contributed by atoms with van der Waals surface area (Å²) in [7, 11) is 4.51. The summed E-state index contributed by atoms with van der Waals surface area (Å²) < 4.78 is 15.2. The lowest BCUT2D eigenvalue weighted by molar-refractivity contribution is -0.112. The van der Waals surface area contributed by atoms with E-state index in [1.807, 2.05) is 33.8 Å². The van der Waals surface area contributed by atoms with E-state index in [-0.39, 0.29) is 44.3 Å². The Morgan fingerprint density at radius 1 is 0.667 bits per heavy atom. The lowest BCUT2D eigenvalue weighted by Crippen LogP contribution is -2.12. The molecule has 57 heavy (non-hydrogen) atoms. The van der Waals surface area contributed by atoms with Crippen molar-refractivity contribution in [2.45, 2.75) is 55.4 Å². The number of pyridine rings is 1. The van der Waals surface area contributed by atoms with Gasteiger partial charge in [-0.2, -0.15) is 0 Å². The molecule has 0 unspecified atom stereocenters. The molecule has 0 saturated carbocycles. The number of ether oxygens (including phenoxy) is 3. The minimum absolute atomic E-state index is 0.0548. The molecule has 15 heteroatoms. The van der Waals surface area contributed by atoms with E-state index in [2.05, 4.69) is 10.3 Å². The number of allylic oxidation sites excluding steroid dienone is 4. The molecule has 306 valence electrons. The number of amides is 1. The lowest BCUT2D eigenvalue weighted by Gasteiger charge is -2.13. The molecule has 3 aromatic carbocycles. The third-order valence-corrected chi connectivity index (χ3v) is 8.36. The maximum Gasteiger partial charge on any atom is 0.248 e. The van der Waals surface area contributed by atoms with Gasteiger partial charge in [-0.15, -0.1) is 0 Å². The topological polar surface area (TPSA) is 167 Å². The van der Waals surface area contributed by atoms with Gasteiger partial charge in [0.25, 0.3) is 0 Å². The predicted octanol–water partition coefficient (Wildman–Crippen LogP) is 10.9. The number of rotatable bonds is 9. The van der Waals surface area contributed by atoms with Crippen molar-refractivity contribution in [3.8, 4) is 17.2 Å². The second-order valence-electron chi connectivity index (χ2n) is 12.7. The van der Waals surface area contributed by atoms with Gasteiger partial charge >= 0.3 is 0 Å². The van der Waals surface area contributed by atoms with Crippen LogP contribution in [-0.2, 0) is 9.59 Å². The number of aromatic nitrogens is 1. The Morgan fingerprint density at radius 3 is 1.58 bits per heavy atom. The molecular formula is C42H47Cl4N3O8. The zero-order valence-corrected chi connectivity index (χ0v) is 36.7. The maximum atomic E-state index is 12.0. The highest BCUT2D eigenvalue weighted by molar-refractivity contribution is 6.66. The molecule has 0 atom stereocenters. The van der Waals surface area contributed by atoms with Gasteiger partial charge in [-0.1, -0.05) is 51.5 Å². The molecule has 0 fully saturated rings. The van der Waals surface area contributed by atoms with Crippen LogP contribution in [0.5, 0.6) is 17.2 Å². The molecule has 11 nitrogen and oxygen atoms in total. The number of nitrogens with one attached hydrogen (secondary N) is 2. The summed E-state index contributed by atoms with van der Waals surface area (Å²) in [5.74, 6) is 0.800. The van der Waals surface area contributed by atoms with Gasteiger partial charge in [-0.3, -0.25) is 24.0 Å². The number of ketones is 2. The van der Waals surface area contributed by atoms with Crippen molar-refractivity contribution in [3.05, 3.63) is 113 Å². The first-order valence-corrected chi connectivity index (χ1v) is 18.5. The molecule has 4 rings (SSSR count). The molecule has 0 radical (unpaired) electrons. The van der Waals surface area contributed by atoms with E-state index in [0.29, 0.717) is 44.3 Å². The number of anilines is 2. The third-order valence-electron chi connectivity index (χ3n) is 7.11. The van der Waals surface area contributed by atoms with E-state index in [1.165, 1.54) is 40.2 Å². The van der Waals surface area contributed by atoms with Gasteiger partial charge in [0.05, 0.1) is 38.2 Å². The number of nitrogen functional groups attached to an aromatic ring is 1. The first-order valence-electron chi connectivity index (χ1n) is 16.9. The molecule has 0 spiro atoms. The Labute approximate surface area is 352 Å². The van der Waals surface area contributed by atoms with Crippen LogP contribution in [-0.4, -0.2) is 49.0 Å². The number of fused-ring (bicyclic) bond motifs is 1. The number of carbonyl (C=O) groups excluding carboxylic acids is 4. The highest BCUT2D eigenvalue weighted by Gasteiger charge is 2.17. The summed E-state index contributed by atoms with van der Waals surface area (Å²) in [6.07, 6.45) is 4.71. The zero-order chi connectivity index (χ0) is 43.7. The number of methoxy groups -OCH3 is 3. The first kappa shape index (κ1) is 49.9. The van der Waals surface area contributed by atoms with Crippen LogP contribution in [0.15, 0.2) is 76.1 Å². The molecule has 0 aliphatic heterocycles. The summed E-state index contributed by atoms with van der Waals surface area (Å²) in [5.41, 5.74) is 11.1. The number of H-pyrrole nitrogens is 1. The highest BCUT2D eigenvalue weighted by atomic mass is 35.5. The molecule has 1 heterocycles. The smallest absolute Gasteiger partial charge is 0.248 e. The second kappa shape index (κ2) is 23.9. The van der Waals surface area contributed by atoms with Crippen LogP contribution in [0, 0.1) is 0 Å². The van der Waals surface area contributed by atoms with E-state index in [9.17, 15) is 24.0 Å². The van der Waals surface area contributed by atoms with E-state index in [0.717, 1.165) is 22.4 Å². The molecule has 4 aromatic rings. The van der Waals surface area contributed by atoms with Crippen LogP contribution >= 0.6 is 46.4 Å². The molecule has 4 N–H and O–H groups in total.